The van der Waals surface area contributed by atoms with Gasteiger partial charge in [0.15, 0.2) is 0 Å². The molecule has 3 heteroatoms. The van der Waals surface area contributed by atoms with Crippen molar-refractivity contribution in [2.75, 3.05) is 5.73 Å². The molecule has 18 heavy (non-hydrogen) atoms. The van der Waals surface area contributed by atoms with Gasteiger partial charge in [0.1, 0.15) is 5.75 Å². The number of anilines is 1. The van der Waals surface area contributed by atoms with Crippen molar-refractivity contribution in [2.45, 2.75) is 29.6 Å². The van der Waals surface area contributed by atoms with Gasteiger partial charge in [-0.3, -0.25) is 0 Å². The highest BCUT2D eigenvalue weighted by molar-refractivity contribution is 7.99. The Morgan fingerprint density at radius 2 is 1.72 bits per heavy atom. The normalized spacial score (nSPS) is 10.5. The monoisotopic (exact) mass is 259 g/mol. The Bertz CT molecular complexity index is 523. The molecule has 0 saturated carbocycles. The molecule has 3 N–H and O–H groups in total. The maximum absolute atomic E-state index is 9.37. The lowest BCUT2D eigenvalue weighted by atomic mass is 10.1. The van der Waals surface area contributed by atoms with E-state index in [2.05, 4.69) is 31.2 Å². The number of aryl methyl sites for hydroxylation is 1. The molecule has 0 aromatic heterocycles. The van der Waals surface area contributed by atoms with Crippen LogP contribution in [0.4, 0.5) is 5.69 Å². The summed E-state index contributed by atoms with van der Waals surface area (Å²) in [6.07, 6.45) is 2.29. The number of nitrogens with two attached hydrogens (primary N) is 1. The Balaban J connectivity index is 2.10. The second-order valence-corrected chi connectivity index (χ2v) is 5.36. The summed E-state index contributed by atoms with van der Waals surface area (Å²) in [5.41, 5.74) is 7.46. The molecule has 2 rings (SSSR count). The van der Waals surface area contributed by atoms with Gasteiger partial charge in [-0.2, -0.15) is 0 Å². The number of nitrogen functional groups attached to an aromatic ring is 1. The lowest BCUT2D eigenvalue weighted by Crippen LogP contribution is -1.86. The molecule has 0 bridgehead atoms. The molecule has 2 aromatic carbocycles. The van der Waals surface area contributed by atoms with Crippen LogP contribution in [0.5, 0.6) is 5.75 Å². The molecular weight excluding hydrogens is 242 g/mol. The van der Waals surface area contributed by atoms with Gasteiger partial charge in [0.25, 0.3) is 0 Å². The number of phenols is 1. The van der Waals surface area contributed by atoms with Gasteiger partial charge in [0.2, 0.25) is 0 Å². The third kappa shape index (κ3) is 3.20. The molecular formula is C15H17NOS. The van der Waals surface area contributed by atoms with E-state index in [1.165, 1.54) is 16.9 Å². The largest absolute Gasteiger partial charge is 0.506 e. The van der Waals surface area contributed by atoms with E-state index in [1.54, 1.807) is 23.9 Å². The Kier molecular flexibility index (Phi) is 4.15. The minimum absolute atomic E-state index is 0.137. The van der Waals surface area contributed by atoms with Gasteiger partial charge >= 0.3 is 0 Å². The quantitative estimate of drug-likeness (QED) is 0.642. The van der Waals surface area contributed by atoms with Crippen molar-refractivity contribution in [3.05, 3.63) is 48.0 Å². The molecule has 0 saturated heterocycles. The zero-order valence-electron chi connectivity index (χ0n) is 10.4. The summed E-state index contributed by atoms with van der Waals surface area (Å²) >= 11 is 1.65. The highest BCUT2D eigenvalue weighted by Crippen LogP contribution is 2.32. The van der Waals surface area contributed by atoms with E-state index in [1.807, 2.05) is 6.07 Å². The van der Waals surface area contributed by atoms with Crippen molar-refractivity contribution in [1.29, 1.82) is 0 Å². The lowest BCUT2D eigenvalue weighted by Gasteiger charge is -2.05. The Hall–Kier alpha value is -1.61. The molecule has 94 valence electrons. The van der Waals surface area contributed by atoms with Crippen molar-refractivity contribution in [2.24, 2.45) is 0 Å². The van der Waals surface area contributed by atoms with Crippen molar-refractivity contribution < 1.29 is 5.11 Å². The van der Waals surface area contributed by atoms with Crippen LogP contribution in [0.25, 0.3) is 0 Å². The molecule has 0 fully saturated rings. The summed E-state index contributed by atoms with van der Waals surface area (Å²) in [7, 11) is 0. The predicted octanol–water partition coefficient (Wildman–Crippen LogP) is 4.08. The van der Waals surface area contributed by atoms with E-state index >= 15 is 0 Å². The van der Waals surface area contributed by atoms with Crippen molar-refractivity contribution in [3.8, 4) is 5.75 Å². The molecule has 0 heterocycles. The van der Waals surface area contributed by atoms with Crippen LogP contribution in [0.15, 0.2) is 52.3 Å². The summed E-state index contributed by atoms with van der Waals surface area (Å²) in [4.78, 5) is 2.22. The van der Waals surface area contributed by atoms with Crippen LogP contribution >= 0.6 is 11.8 Å². The number of aromatic hydroxyl groups is 1. The first-order valence-electron chi connectivity index (χ1n) is 6.04. The number of phenolic OH excluding ortho intramolecular Hbond substituents is 1. The van der Waals surface area contributed by atoms with E-state index in [0.717, 1.165) is 11.3 Å². The number of hydrogen-bond acceptors (Lipinski definition) is 3. The van der Waals surface area contributed by atoms with Crippen LogP contribution in [0.3, 0.4) is 0 Å². The van der Waals surface area contributed by atoms with Gasteiger partial charge in [0.05, 0.1) is 5.69 Å². The molecule has 0 atom stereocenters. The zero-order valence-corrected chi connectivity index (χ0v) is 11.2. The van der Waals surface area contributed by atoms with Gasteiger partial charge in [-0.15, -0.1) is 0 Å². The topological polar surface area (TPSA) is 46.2 Å². The molecule has 0 spiro atoms. The first-order valence-corrected chi connectivity index (χ1v) is 6.86. The SMILES string of the molecule is CCCc1ccc(Sc2ccc(O)c(N)c2)cc1. The summed E-state index contributed by atoms with van der Waals surface area (Å²) in [6.45, 7) is 2.18. The fraction of sp³-hybridized carbons (Fsp3) is 0.200. The third-order valence-electron chi connectivity index (χ3n) is 2.70. The van der Waals surface area contributed by atoms with Gasteiger partial charge in [-0.1, -0.05) is 37.2 Å². The van der Waals surface area contributed by atoms with E-state index < -0.39 is 0 Å². The van der Waals surface area contributed by atoms with E-state index in [4.69, 9.17) is 5.73 Å². The predicted molar refractivity (Wildman–Crippen MR) is 77.1 cm³/mol. The number of hydrogen-bond donors (Lipinski definition) is 2. The fourth-order valence-electron chi connectivity index (χ4n) is 1.75. The molecule has 0 amide bonds. The maximum Gasteiger partial charge on any atom is 0.138 e. The van der Waals surface area contributed by atoms with Crippen LogP contribution in [-0.2, 0) is 6.42 Å². The average Bonchev–Trinajstić information content (AvgIpc) is 2.37. The Labute approximate surface area is 112 Å². The molecule has 0 aliphatic rings. The maximum atomic E-state index is 9.37. The molecule has 0 radical (unpaired) electrons. The van der Waals surface area contributed by atoms with Gasteiger partial charge in [-0.25, -0.2) is 0 Å². The molecule has 0 aliphatic carbocycles. The average molecular weight is 259 g/mol. The molecule has 0 unspecified atom stereocenters. The lowest BCUT2D eigenvalue weighted by molar-refractivity contribution is 0.477. The van der Waals surface area contributed by atoms with E-state index in [0.29, 0.717) is 5.69 Å². The fourth-order valence-corrected chi connectivity index (χ4v) is 2.61. The van der Waals surface area contributed by atoms with Gasteiger partial charge < -0.3 is 10.8 Å². The highest BCUT2D eigenvalue weighted by Gasteiger charge is 2.01. The van der Waals surface area contributed by atoms with Crippen molar-refractivity contribution in [3.63, 3.8) is 0 Å². The van der Waals surface area contributed by atoms with Crippen LogP contribution in [-0.4, -0.2) is 5.11 Å². The van der Waals surface area contributed by atoms with Crippen molar-refractivity contribution >= 4 is 17.4 Å². The molecule has 2 aromatic rings. The van der Waals surface area contributed by atoms with Crippen LogP contribution < -0.4 is 5.73 Å². The summed E-state index contributed by atoms with van der Waals surface area (Å²) in [6, 6.07) is 13.9. The molecule has 2 nitrogen and oxygen atoms in total. The Morgan fingerprint density at radius 1 is 1.06 bits per heavy atom. The first-order chi connectivity index (χ1) is 8.69. The third-order valence-corrected chi connectivity index (χ3v) is 3.69. The Morgan fingerprint density at radius 3 is 2.33 bits per heavy atom. The smallest absolute Gasteiger partial charge is 0.138 e. The summed E-state index contributed by atoms with van der Waals surface area (Å²) in [5.74, 6) is 0.137. The first kappa shape index (κ1) is 12.8. The highest BCUT2D eigenvalue weighted by atomic mass is 32.2. The van der Waals surface area contributed by atoms with Gasteiger partial charge in [0, 0.05) is 9.79 Å². The minimum Gasteiger partial charge on any atom is -0.506 e. The van der Waals surface area contributed by atoms with Gasteiger partial charge in [-0.05, 0) is 42.3 Å². The van der Waals surface area contributed by atoms with Crippen LogP contribution in [0, 0.1) is 0 Å². The second kappa shape index (κ2) is 5.83. The number of rotatable bonds is 4. The zero-order chi connectivity index (χ0) is 13.0. The minimum atomic E-state index is 0.137. The summed E-state index contributed by atoms with van der Waals surface area (Å²) < 4.78 is 0. The van der Waals surface area contributed by atoms with Crippen LogP contribution in [0.2, 0.25) is 0 Å². The summed E-state index contributed by atoms with van der Waals surface area (Å²) in [5, 5.41) is 9.37. The van der Waals surface area contributed by atoms with Crippen molar-refractivity contribution in [1.82, 2.24) is 0 Å². The van der Waals surface area contributed by atoms with E-state index in [9.17, 15) is 5.11 Å². The number of benzene rings is 2. The van der Waals surface area contributed by atoms with Crippen LogP contribution in [0.1, 0.15) is 18.9 Å². The van der Waals surface area contributed by atoms with E-state index in [-0.39, 0.29) is 5.75 Å². The standard InChI is InChI=1S/C15H17NOS/c1-2-3-11-4-6-12(7-5-11)18-13-8-9-15(17)14(16)10-13/h4-10,17H,2-3,16H2,1H3. The second-order valence-electron chi connectivity index (χ2n) is 4.22. The molecule has 0 aliphatic heterocycles.